The Morgan fingerprint density at radius 3 is 2.75 bits per heavy atom. The maximum absolute atomic E-state index is 13.0. The van der Waals surface area contributed by atoms with Gasteiger partial charge in [-0.05, 0) is 52.4 Å². The summed E-state index contributed by atoms with van der Waals surface area (Å²) in [5, 5.41) is 3.19. The molecule has 5 heteroatoms. The second-order valence-electron chi connectivity index (χ2n) is 4.13. The van der Waals surface area contributed by atoms with Crippen LogP contribution in [0.3, 0.4) is 0 Å². The fraction of sp³-hybridized carbons (Fsp3) is 0.133. The Hall–Kier alpha value is -1.63. The van der Waals surface area contributed by atoms with Crippen LogP contribution >= 0.6 is 22.6 Å². The van der Waals surface area contributed by atoms with Gasteiger partial charge in [-0.1, -0.05) is 18.2 Å². The number of halogens is 2. The molecule has 3 nitrogen and oxygen atoms in total. The van der Waals surface area contributed by atoms with E-state index in [4.69, 9.17) is 4.74 Å². The fourth-order valence-electron chi connectivity index (χ4n) is 1.81. The van der Waals surface area contributed by atoms with Crippen LogP contribution in [0.25, 0.3) is 0 Å². The Bertz CT molecular complexity index is 631. The van der Waals surface area contributed by atoms with E-state index in [1.54, 1.807) is 18.2 Å². The van der Waals surface area contributed by atoms with Gasteiger partial charge in [-0.15, -0.1) is 0 Å². The highest BCUT2D eigenvalue weighted by molar-refractivity contribution is 14.1. The van der Waals surface area contributed by atoms with Crippen LogP contribution in [0.2, 0.25) is 0 Å². The Morgan fingerprint density at radius 2 is 2.05 bits per heavy atom. The van der Waals surface area contributed by atoms with E-state index in [-0.39, 0.29) is 11.8 Å². The zero-order valence-electron chi connectivity index (χ0n) is 10.8. The minimum atomic E-state index is -0.365. The number of esters is 1. The van der Waals surface area contributed by atoms with Crippen LogP contribution in [0.1, 0.15) is 15.9 Å². The van der Waals surface area contributed by atoms with Gasteiger partial charge in [0.15, 0.2) is 0 Å². The number of benzene rings is 2. The van der Waals surface area contributed by atoms with Crippen molar-refractivity contribution in [1.82, 2.24) is 0 Å². The molecule has 0 atom stereocenters. The molecule has 104 valence electrons. The fourth-order valence-corrected chi connectivity index (χ4v) is 2.47. The number of hydrogen-bond donors (Lipinski definition) is 1. The molecule has 0 spiro atoms. The third kappa shape index (κ3) is 3.47. The molecule has 0 aliphatic rings. The molecule has 0 aliphatic carbocycles. The normalized spacial score (nSPS) is 10.2. The Labute approximate surface area is 130 Å². The van der Waals surface area contributed by atoms with E-state index < -0.39 is 0 Å². The molecule has 0 heterocycles. The molecule has 0 amide bonds. The number of hydrogen-bond acceptors (Lipinski definition) is 3. The van der Waals surface area contributed by atoms with Gasteiger partial charge in [0.25, 0.3) is 0 Å². The van der Waals surface area contributed by atoms with Gasteiger partial charge in [0, 0.05) is 15.8 Å². The average molecular weight is 385 g/mol. The van der Waals surface area contributed by atoms with Gasteiger partial charge < -0.3 is 10.1 Å². The van der Waals surface area contributed by atoms with Gasteiger partial charge in [0.05, 0.1) is 12.7 Å². The lowest BCUT2D eigenvalue weighted by Crippen LogP contribution is -2.09. The summed E-state index contributed by atoms with van der Waals surface area (Å²) in [6.45, 7) is 0.465. The first kappa shape index (κ1) is 14.8. The van der Waals surface area contributed by atoms with Crippen molar-refractivity contribution in [3.63, 3.8) is 0 Å². The number of ether oxygens (including phenoxy) is 1. The predicted molar refractivity (Wildman–Crippen MR) is 84.2 cm³/mol. The third-order valence-corrected chi connectivity index (χ3v) is 3.72. The molecular formula is C15H13FINO2. The van der Waals surface area contributed by atoms with E-state index >= 15 is 0 Å². The van der Waals surface area contributed by atoms with Crippen molar-refractivity contribution in [3.05, 3.63) is 63.0 Å². The first-order chi connectivity index (χ1) is 9.61. The molecular weight excluding hydrogens is 372 g/mol. The summed E-state index contributed by atoms with van der Waals surface area (Å²) < 4.78 is 18.6. The van der Waals surface area contributed by atoms with E-state index in [0.717, 1.165) is 14.8 Å². The molecule has 0 aromatic heterocycles. The van der Waals surface area contributed by atoms with Crippen LogP contribution < -0.4 is 5.32 Å². The molecule has 0 saturated carbocycles. The molecule has 2 aromatic rings. The topological polar surface area (TPSA) is 38.3 Å². The van der Waals surface area contributed by atoms with Crippen LogP contribution in [0, 0.1) is 9.39 Å². The predicted octanol–water partition coefficient (Wildman–Crippen LogP) is 3.83. The highest BCUT2D eigenvalue weighted by Gasteiger charge is 2.11. The SMILES string of the molecule is COC(=O)c1ccccc1CNc1ccc(F)cc1I. The molecule has 1 N–H and O–H groups in total. The van der Waals surface area contributed by atoms with Crippen LogP contribution in [0.5, 0.6) is 0 Å². The van der Waals surface area contributed by atoms with E-state index in [1.165, 1.54) is 19.2 Å². The number of carbonyl (C=O) groups excluding carboxylic acids is 1. The molecule has 2 aromatic carbocycles. The van der Waals surface area contributed by atoms with Crippen molar-refractivity contribution >= 4 is 34.2 Å². The number of nitrogens with one attached hydrogen (secondary N) is 1. The summed E-state index contributed by atoms with van der Waals surface area (Å²) in [7, 11) is 1.36. The minimum Gasteiger partial charge on any atom is -0.465 e. The van der Waals surface area contributed by atoms with Crippen molar-refractivity contribution < 1.29 is 13.9 Å². The van der Waals surface area contributed by atoms with Crippen LogP contribution in [0.15, 0.2) is 42.5 Å². The standard InChI is InChI=1S/C15H13FINO2/c1-20-15(19)12-5-3-2-4-10(12)9-18-14-7-6-11(16)8-13(14)17/h2-8,18H,9H2,1H3. The Balaban J connectivity index is 2.17. The van der Waals surface area contributed by atoms with Gasteiger partial charge in [0.1, 0.15) is 5.82 Å². The molecule has 20 heavy (non-hydrogen) atoms. The maximum Gasteiger partial charge on any atom is 0.338 e. The summed E-state index contributed by atoms with van der Waals surface area (Å²) in [5.41, 5.74) is 2.19. The summed E-state index contributed by atoms with van der Waals surface area (Å²) in [5.74, 6) is -0.633. The van der Waals surface area contributed by atoms with Crippen molar-refractivity contribution in [1.29, 1.82) is 0 Å². The number of carbonyl (C=O) groups is 1. The average Bonchev–Trinajstić information content (AvgIpc) is 2.46. The van der Waals surface area contributed by atoms with E-state index in [9.17, 15) is 9.18 Å². The first-order valence-electron chi connectivity index (χ1n) is 5.97. The van der Waals surface area contributed by atoms with Gasteiger partial charge in [-0.25, -0.2) is 9.18 Å². The molecule has 0 fully saturated rings. The number of anilines is 1. The summed E-state index contributed by atoms with van der Waals surface area (Å²) in [6.07, 6.45) is 0. The van der Waals surface area contributed by atoms with Crippen LogP contribution in [0.4, 0.5) is 10.1 Å². The molecule has 0 unspecified atom stereocenters. The zero-order valence-corrected chi connectivity index (χ0v) is 13.0. The largest absolute Gasteiger partial charge is 0.465 e. The number of rotatable bonds is 4. The van der Waals surface area contributed by atoms with Crippen molar-refractivity contribution in [2.75, 3.05) is 12.4 Å². The van der Waals surface area contributed by atoms with Crippen molar-refractivity contribution in [2.45, 2.75) is 6.54 Å². The first-order valence-corrected chi connectivity index (χ1v) is 7.05. The summed E-state index contributed by atoms with van der Waals surface area (Å²) >= 11 is 2.06. The lowest BCUT2D eigenvalue weighted by Gasteiger charge is -2.11. The zero-order chi connectivity index (χ0) is 14.5. The second kappa shape index (κ2) is 6.69. The monoisotopic (exact) mass is 385 g/mol. The molecule has 2 rings (SSSR count). The van der Waals surface area contributed by atoms with Crippen molar-refractivity contribution in [2.24, 2.45) is 0 Å². The van der Waals surface area contributed by atoms with E-state index in [0.29, 0.717) is 12.1 Å². The summed E-state index contributed by atoms with van der Waals surface area (Å²) in [4.78, 5) is 11.7. The van der Waals surface area contributed by atoms with Gasteiger partial charge in [-0.3, -0.25) is 0 Å². The van der Waals surface area contributed by atoms with Gasteiger partial charge in [0.2, 0.25) is 0 Å². The molecule has 0 bridgehead atoms. The quantitative estimate of drug-likeness (QED) is 0.642. The van der Waals surface area contributed by atoms with E-state index in [2.05, 4.69) is 27.9 Å². The van der Waals surface area contributed by atoms with Crippen LogP contribution in [-0.2, 0) is 11.3 Å². The lowest BCUT2D eigenvalue weighted by molar-refractivity contribution is 0.0599. The second-order valence-corrected chi connectivity index (χ2v) is 5.29. The summed E-state index contributed by atoms with van der Waals surface area (Å²) in [6, 6.07) is 11.8. The van der Waals surface area contributed by atoms with Crippen molar-refractivity contribution in [3.8, 4) is 0 Å². The molecule has 0 aliphatic heterocycles. The third-order valence-electron chi connectivity index (χ3n) is 2.82. The Kier molecular flexibility index (Phi) is 4.94. The van der Waals surface area contributed by atoms with Crippen LogP contribution in [-0.4, -0.2) is 13.1 Å². The minimum absolute atomic E-state index is 0.269. The highest BCUT2D eigenvalue weighted by atomic mass is 127. The lowest BCUT2D eigenvalue weighted by atomic mass is 10.1. The maximum atomic E-state index is 13.0. The van der Waals surface area contributed by atoms with Gasteiger partial charge in [-0.2, -0.15) is 0 Å². The highest BCUT2D eigenvalue weighted by Crippen LogP contribution is 2.20. The molecule has 0 saturated heterocycles. The Morgan fingerprint density at radius 1 is 1.30 bits per heavy atom. The molecule has 0 radical (unpaired) electrons. The number of methoxy groups -OCH3 is 1. The van der Waals surface area contributed by atoms with Gasteiger partial charge >= 0.3 is 5.97 Å². The smallest absolute Gasteiger partial charge is 0.338 e. The van der Waals surface area contributed by atoms with E-state index in [1.807, 2.05) is 12.1 Å².